The molecular formula is C21H42O6. The molecule has 1 aliphatic heterocycles. The van der Waals surface area contributed by atoms with Gasteiger partial charge >= 0.3 is 0 Å². The normalized spacial score (nSPS) is 27.7. The molecular weight excluding hydrogens is 348 g/mol. The smallest absolute Gasteiger partial charge is 0.187 e. The first-order valence-electron chi connectivity index (χ1n) is 10.4. The van der Waals surface area contributed by atoms with Crippen LogP contribution in [-0.2, 0) is 28.4 Å². The first kappa shape index (κ1) is 24.8. The van der Waals surface area contributed by atoms with E-state index < -0.39 is 6.29 Å². The minimum atomic E-state index is -0.501. The van der Waals surface area contributed by atoms with Gasteiger partial charge in [-0.25, -0.2) is 0 Å². The third kappa shape index (κ3) is 8.75. The highest BCUT2D eigenvalue weighted by Gasteiger charge is 2.51. The maximum atomic E-state index is 6.32. The van der Waals surface area contributed by atoms with Crippen molar-refractivity contribution in [2.24, 2.45) is 0 Å². The van der Waals surface area contributed by atoms with Crippen molar-refractivity contribution in [1.29, 1.82) is 0 Å². The van der Waals surface area contributed by atoms with Gasteiger partial charge in [0.05, 0.1) is 37.1 Å². The molecule has 0 amide bonds. The summed E-state index contributed by atoms with van der Waals surface area (Å²) in [6, 6.07) is 0. The Morgan fingerprint density at radius 3 is 1.59 bits per heavy atom. The Kier molecular flexibility index (Phi) is 10.7. The predicted octanol–water partition coefficient (Wildman–Crippen LogP) is 3.94. The van der Waals surface area contributed by atoms with Crippen molar-refractivity contribution in [2.45, 2.75) is 130 Å². The van der Waals surface area contributed by atoms with Crippen molar-refractivity contribution in [2.75, 3.05) is 6.61 Å². The molecule has 1 rings (SSSR count). The van der Waals surface area contributed by atoms with Gasteiger partial charge in [-0.15, -0.1) is 0 Å². The molecule has 1 aliphatic rings. The van der Waals surface area contributed by atoms with Crippen LogP contribution in [0.3, 0.4) is 0 Å². The molecule has 5 atom stereocenters. The largest absolute Gasteiger partial charge is 0.376 e. The van der Waals surface area contributed by atoms with Crippen LogP contribution >= 0.6 is 0 Å². The van der Waals surface area contributed by atoms with Gasteiger partial charge in [0, 0.05) is 0 Å². The van der Waals surface area contributed by atoms with Crippen LogP contribution < -0.4 is 0 Å². The van der Waals surface area contributed by atoms with Crippen LogP contribution in [0.5, 0.6) is 0 Å². The van der Waals surface area contributed by atoms with Gasteiger partial charge in [-0.2, -0.15) is 0 Å². The van der Waals surface area contributed by atoms with Crippen molar-refractivity contribution < 1.29 is 28.4 Å². The zero-order chi connectivity index (χ0) is 20.7. The molecule has 27 heavy (non-hydrogen) atoms. The van der Waals surface area contributed by atoms with Crippen LogP contribution in [0.1, 0.15) is 69.2 Å². The molecule has 0 unspecified atom stereocenters. The second kappa shape index (κ2) is 11.7. The van der Waals surface area contributed by atoms with E-state index in [1.807, 2.05) is 69.2 Å². The molecule has 0 radical (unpaired) electrons. The highest BCUT2D eigenvalue weighted by atomic mass is 16.7. The molecule has 162 valence electrons. The van der Waals surface area contributed by atoms with Crippen LogP contribution in [-0.4, -0.2) is 67.8 Å². The lowest BCUT2D eigenvalue weighted by Crippen LogP contribution is -2.47. The van der Waals surface area contributed by atoms with Crippen LogP contribution in [0.2, 0.25) is 0 Å². The lowest BCUT2D eigenvalue weighted by Gasteiger charge is -2.32. The molecule has 0 aromatic heterocycles. The number of ether oxygens (including phenoxy) is 6. The molecule has 1 heterocycles. The fraction of sp³-hybridized carbons (Fsp3) is 1.00. The van der Waals surface area contributed by atoms with Gasteiger partial charge in [-0.3, -0.25) is 0 Å². The predicted molar refractivity (Wildman–Crippen MR) is 106 cm³/mol. The van der Waals surface area contributed by atoms with E-state index in [1.165, 1.54) is 0 Å². The summed E-state index contributed by atoms with van der Waals surface area (Å²) in [7, 11) is 0. The molecule has 6 nitrogen and oxygen atoms in total. The second-order valence-electron chi connectivity index (χ2n) is 8.56. The molecule has 0 spiro atoms. The van der Waals surface area contributed by atoms with Crippen molar-refractivity contribution in [3.8, 4) is 0 Å². The molecule has 0 saturated carbocycles. The zero-order valence-electron chi connectivity index (χ0n) is 18.9. The monoisotopic (exact) mass is 390 g/mol. The Labute approximate surface area is 166 Å². The molecule has 0 aromatic rings. The van der Waals surface area contributed by atoms with Crippen LogP contribution in [0.15, 0.2) is 0 Å². The van der Waals surface area contributed by atoms with Gasteiger partial charge in [0.25, 0.3) is 0 Å². The summed E-state index contributed by atoms with van der Waals surface area (Å²) in [6.45, 7) is 20.5. The van der Waals surface area contributed by atoms with Gasteiger partial charge in [0.1, 0.15) is 24.4 Å². The van der Waals surface area contributed by atoms with Crippen molar-refractivity contribution in [1.82, 2.24) is 0 Å². The summed E-state index contributed by atoms with van der Waals surface area (Å²) in [5.41, 5.74) is 0. The third-order valence-corrected chi connectivity index (χ3v) is 3.88. The van der Waals surface area contributed by atoms with Gasteiger partial charge < -0.3 is 28.4 Å². The topological polar surface area (TPSA) is 55.4 Å². The molecule has 0 aliphatic carbocycles. The van der Waals surface area contributed by atoms with Crippen LogP contribution in [0, 0.1) is 0 Å². The Balaban J connectivity index is 3.11. The van der Waals surface area contributed by atoms with E-state index >= 15 is 0 Å². The summed E-state index contributed by atoms with van der Waals surface area (Å²) < 4.78 is 36.8. The standard InChI is InChI=1S/C21H42O6/c1-12(2)22-11-17(23-13(3)4)18-19(24-14(5)6)20(25-15(7)8)21(27-18)26-16(9)10/h12-21H,11H2,1-10H3/t17-,18-,19+,20+,21+/m1/s1. The van der Waals surface area contributed by atoms with E-state index in [2.05, 4.69) is 0 Å². The number of hydrogen-bond acceptors (Lipinski definition) is 6. The third-order valence-electron chi connectivity index (χ3n) is 3.88. The van der Waals surface area contributed by atoms with Crippen LogP contribution in [0.4, 0.5) is 0 Å². The number of hydrogen-bond donors (Lipinski definition) is 0. The second-order valence-corrected chi connectivity index (χ2v) is 8.56. The zero-order valence-corrected chi connectivity index (χ0v) is 18.9. The number of rotatable bonds is 12. The first-order valence-corrected chi connectivity index (χ1v) is 10.4. The molecule has 6 heteroatoms. The maximum Gasteiger partial charge on any atom is 0.187 e. The summed E-state index contributed by atoms with van der Waals surface area (Å²) in [4.78, 5) is 0. The Bertz CT molecular complexity index is 396. The highest BCUT2D eigenvalue weighted by Crippen LogP contribution is 2.33. The molecule has 0 bridgehead atoms. The van der Waals surface area contributed by atoms with Gasteiger partial charge in [-0.05, 0) is 69.2 Å². The first-order chi connectivity index (χ1) is 12.5. The Morgan fingerprint density at radius 2 is 1.15 bits per heavy atom. The fourth-order valence-corrected chi connectivity index (χ4v) is 3.10. The SMILES string of the molecule is CC(C)OC[C@@H](OC(C)C)[C@H]1O[C@H](OC(C)C)[C@@H](OC(C)C)[C@H]1OC(C)C. The molecule has 1 fully saturated rings. The Morgan fingerprint density at radius 1 is 0.630 bits per heavy atom. The van der Waals surface area contributed by atoms with Crippen molar-refractivity contribution in [3.05, 3.63) is 0 Å². The lowest BCUT2D eigenvalue weighted by atomic mass is 10.0. The van der Waals surface area contributed by atoms with Gasteiger partial charge in [-0.1, -0.05) is 0 Å². The quantitative estimate of drug-likeness (QED) is 0.503. The molecule has 1 saturated heterocycles. The van der Waals surface area contributed by atoms with E-state index in [4.69, 9.17) is 28.4 Å². The average molecular weight is 391 g/mol. The summed E-state index contributed by atoms with van der Waals surface area (Å²) in [5.74, 6) is 0. The van der Waals surface area contributed by atoms with E-state index in [9.17, 15) is 0 Å². The van der Waals surface area contributed by atoms with Gasteiger partial charge in [0.2, 0.25) is 0 Å². The highest BCUT2D eigenvalue weighted by molar-refractivity contribution is 4.95. The molecule has 0 N–H and O–H groups in total. The Hall–Kier alpha value is -0.240. The summed E-state index contributed by atoms with van der Waals surface area (Å²) in [5, 5.41) is 0. The van der Waals surface area contributed by atoms with Crippen molar-refractivity contribution >= 4 is 0 Å². The minimum Gasteiger partial charge on any atom is -0.376 e. The lowest BCUT2D eigenvalue weighted by molar-refractivity contribution is -0.215. The molecule has 0 aromatic carbocycles. The summed E-state index contributed by atoms with van der Waals surface area (Å²) in [6.07, 6.45) is -1.48. The van der Waals surface area contributed by atoms with E-state index in [0.29, 0.717) is 6.61 Å². The van der Waals surface area contributed by atoms with Crippen molar-refractivity contribution in [3.63, 3.8) is 0 Å². The summed E-state index contributed by atoms with van der Waals surface area (Å²) >= 11 is 0. The van der Waals surface area contributed by atoms with Gasteiger partial charge in [0.15, 0.2) is 6.29 Å². The van der Waals surface area contributed by atoms with E-state index in [1.54, 1.807) is 0 Å². The van der Waals surface area contributed by atoms with E-state index in [0.717, 1.165) is 0 Å². The fourth-order valence-electron chi connectivity index (χ4n) is 3.10. The average Bonchev–Trinajstić information content (AvgIpc) is 2.79. The van der Waals surface area contributed by atoms with Crippen LogP contribution in [0.25, 0.3) is 0 Å². The maximum absolute atomic E-state index is 6.32. The van der Waals surface area contributed by atoms with E-state index in [-0.39, 0.29) is 54.9 Å². The minimum absolute atomic E-state index is 0.0168.